The van der Waals surface area contributed by atoms with Crippen LogP contribution in [0.5, 0.6) is 0 Å². The first-order chi connectivity index (χ1) is 23.2. The van der Waals surface area contributed by atoms with E-state index in [4.69, 9.17) is 15.0 Å². The SMILES string of the molecule is CC1(C)C(=O)N(c2ccccc2-n2c3ccccc3c3ccc(-c4nc(-c5ccccc5)nc(-c5ccccc5)n4)cc32)C(=O)C1(C)C. The molecule has 234 valence electrons. The normalized spacial score (nSPS) is 15.5. The van der Waals surface area contributed by atoms with Crippen molar-refractivity contribution in [2.75, 3.05) is 4.90 Å². The number of fused-ring (bicyclic) bond motifs is 3. The maximum Gasteiger partial charge on any atom is 0.240 e. The Bertz CT molecular complexity index is 2310. The molecule has 3 heterocycles. The lowest BCUT2D eigenvalue weighted by Crippen LogP contribution is -2.35. The van der Waals surface area contributed by atoms with E-state index < -0.39 is 10.8 Å². The Hall–Kier alpha value is -5.95. The maximum absolute atomic E-state index is 13.9. The van der Waals surface area contributed by atoms with Crippen LogP contribution in [-0.4, -0.2) is 31.3 Å². The third-order valence-corrected chi connectivity index (χ3v) is 10.0. The molecule has 0 N–H and O–H groups in total. The van der Waals surface area contributed by atoms with E-state index in [-0.39, 0.29) is 11.8 Å². The molecule has 2 amide bonds. The minimum atomic E-state index is -0.864. The summed E-state index contributed by atoms with van der Waals surface area (Å²) in [5.41, 5.74) is 4.03. The number of hydrogen-bond acceptors (Lipinski definition) is 5. The van der Waals surface area contributed by atoms with Crippen LogP contribution in [0.1, 0.15) is 27.7 Å². The fourth-order valence-electron chi connectivity index (χ4n) is 6.55. The molecule has 1 fully saturated rings. The Labute approximate surface area is 278 Å². The highest BCUT2D eigenvalue weighted by molar-refractivity contribution is 6.26. The molecule has 7 aromatic rings. The molecule has 1 saturated heterocycles. The van der Waals surface area contributed by atoms with Crippen LogP contribution in [0.15, 0.2) is 127 Å². The highest BCUT2D eigenvalue weighted by Gasteiger charge is 2.60. The zero-order valence-electron chi connectivity index (χ0n) is 27.2. The molecule has 8 rings (SSSR count). The standard InChI is InChI=1S/C41H33N5O2/c1-40(2)38(47)46(39(48)41(40,3)4)33-22-14-13-21-32(33)45-31-20-12-11-19-29(31)30-24-23-28(25-34(30)45)37-43-35(26-15-7-5-8-16-26)42-36(44-37)27-17-9-6-10-18-27/h5-25H,1-4H3. The third kappa shape index (κ3) is 4.38. The Morgan fingerprint density at radius 3 is 1.50 bits per heavy atom. The number of rotatable bonds is 5. The van der Waals surface area contributed by atoms with Gasteiger partial charge in [0.15, 0.2) is 17.5 Å². The summed E-state index contributed by atoms with van der Waals surface area (Å²) in [6.07, 6.45) is 0. The minimum absolute atomic E-state index is 0.210. The predicted octanol–water partition coefficient (Wildman–Crippen LogP) is 8.90. The predicted molar refractivity (Wildman–Crippen MR) is 191 cm³/mol. The van der Waals surface area contributed by atoms with Gasteiger partial charge in [-0.15, -0.1) is 0 Å². The molecule has 7 nitrogen and oxygen atoms in total. The van der Waals surface area contributed by atoms with Crippen molar-refractivity contribution in [1.29, 1.82) is 0 Å². The summed E-state index contributed by atoms with van der Waals surface area (Å²) in [5, 5.41) is 2.09. The number of carbonyl (C=O) groups excluding carboxylic acids is 2. The summed E-state index contributed by atoms with van der Waals surface area (Å²) in [6.45, 7) is 7.41. The molecular formula is C41H33N5O2. The summed E-state index contributed by atoms with van der Waals surface area (Å²) in [4.78, 5) is 44.0. The lowest BCUT2D eigenvalue weighted by atomic mass is 9.70. The van der Waals surface area contributed by atoms with Gasteiger partial charge in [0, 0.05) is 27.5 Å². The molecule has 0 unspecified atom stereocenters. The van der Waals surface area contributed by atoms with Crippen LogP contribution in [0, 0.1) is 10.8 Å². The van der Waals surface area contributed by atoms with Gasteiger partial charge in [0.05, 0.1) is 33.2 Å². The van der Waals surface area contributed by atoms with E-state index in [0.717, 1.165) is 44.2 Å². The minimum Gasteiger partial charge on any atom is -0.307 e. The van der Waals surface area contributed by atoms with Crippen LogP contribution in [0.2, 0.25) is 0 Å². The summed E-state index contributed by atoms with van der Waals surface area (Å²) < 4.78 is 2.14. The first kappa shape index (κ1) is 29.5. The first-order valence-corrected chi connectivity index (χ1v) is 16.1. The molecule has 0 aliphatic carbocycles. The highest BCUT2D eigenvalue weighted by Crippen LogP contribution is 2.50. The Morgan fingerprint density at radius 2 is 0.917 bits per heavy atom. The lowest BCUT2D eigenvalue weighted by Gasteiger charge is -2.28. The van der Waals surface area contributed by atoms with E-state index in [1.807, 2.05) is 131 Å². The van der Waals surface area contributed by atoms with E-state index in [2.05, 4.69) is 28.8 Å². The second-order valence-electron chi connectivity index (χ2n) is 13.3. The fraction of sp³-hybridized carbons (Fsp3) is 0.146. The van der Waals surface area contributed by atoms with E-state index in [9.17, 15) is 9.59 Å². The summed E-state index contributed by atoms with van der Waals surface area (Å²) in [6, 6.07) is 41.9. The number of carbonyl (C=O) groups is 2. The van der Waals surface area contributed by atoms with Gasteiger partial charge < -0.3 is 4.57 Å². The number of anilines is 1. The van der Waals surface area contributed by atoms with Gasteiger partial charge in [-0.25, -0.2) is 19.9 Å². The van der Waals surface area contributed by atoms with E-state index >= 15 is 0 Å². The largest absolute Gasteiger partial charge is 0.307 e. The zero-order valence-corrected chi connectivity index (χ0v) is 27.2. The molecule has 48 heavy (non-hydrogen) atoms. The Morgan fingerprint density at radius 1 is 0.458 bits per heavy atom. The number of nitrogens with zero attached hydrogens (tertiary/aromatic N) is 5. The van der Waals surface area contributed by atoms with Gasteiger partial charge in [0.2, 0.25) is 11.8 Å². The number of amides is 2. The summed E-state index contributed by atoms with van der Waals surface area (Å²) in [5.74, 6) is 1.29. The number of aromatic nitrogens is 4. The maximum atomic E-state index is 13.9. The quantitative estimate of drug-likeness (QED) is 0.178. The van der Waals surface area contributed by atoms with E-state index in [1.165, 1.54) is 4.90 Å². The molecular weight excluding hydrogens is 594 g/mol. The molecule has 0 spiro atoms. The van der Waals surface area contributed by atoms with Crippen LogP contribution in [0.25, 0.3) is 61.7 Å². The van der Waals surface area contributed by atoms with Crippen molar-refractivity contribution < 1.29 is 9.59 Å². The van der Waals surface area contributed by atoms with Gasteiger partial charge in [0.25, 0.3) is 0 Å². The van der Waals surface area contributed by atoms with Gasteiger partial charge in [-0.05, 0) is 52.0 Å². The molecule has 0 atom stereocenters. The lowest BCUT2D eigenvalue weighted by molar-refractivity contribution is -0.129. The van der Waals surface area contributed by atoms with Crippen LogP contribution < -0.4 is 4.90 Å². The molecule has 7 heteroatoms. The van der Waals surface area contributed by atoms with Crippen molar-refractivity contribution in [2.24, 2.45) is 10.8 Å². The van der Waals surface area contributed by atoms with Gasteiger partial charge >= 0.3 is 0 Å². The number of imide groups is 1. The van der Waals surface area contributed by atoms with Crippen molar-refractivity contribution in [3.8, 4) is 39.9 Å². The molecule has 1 aliphatic rings. The second-order valence-corrected chi connectivity index (χ2v) is 13.3. The smallest absolute Gasteiger partial charge is 0.240 e. The second kappa shape index (κ2) is 10.8. The average Bonchev–Trinajstić information content (AvgIpc) is 3.51. The zero-order chi connectivity index (χ0) is 33.2. The van der Waals surface area contributed by atoms with Gasteiger partial charge in [-0.2, -0.15) is 0 Å². The Balaban J connectivity index is 1.37. The third-order valence-electron chi connectivity index (χ3n) is 10.0. The Kier molecular flexibility index (Phi) is 6.63. The molecule has 0 radical (unpaired) electrons. The van der Waals surface area contributed by atoms with Crippen LogP contribution in [0.4, 0.5) is 5.69 Å². The summed E-state index contributed by atoms with van der Waals surface area (Å²) >= 11 is 0. The summed E-state index contributed by atoms with van der Waals surface area (Å²) in [7, 11) is 0. The van der Waals surface area contributed by atoms with Crippen molar-refractivity contribution in [2.45, 2.75) is 27.7 Å². The average molecular weight is 628 g/mol. The fourth-order valence-corrected chi connectivity index (χ4v) is 6.55. The molecule has 0 saturated carbocycles. The molecule has 5 aromatic carbocycles. The van der Waals surface area contributed by atoms with Crippen LogP contribution >= 0.6 is 0 Å². The monoisotopic (exact) mass is 627 g/mol. The number of hydrogen-bond donors (Lipinski definition) is 0. The van der Waals surface area contributed by atoms with Crippen LogP contribution in [-0.2, 0) is 9.59 Å². The van der Waals surface area contributed by atoms with Gasteiger partial charge in [-0.3, -0.25) is 9.59 Å². The van der Waals surface area contributed by atoms with E-state index in [1.54, 1.807) is 0 Å². The molecule has 2 aromatic heterocycles. The molecule has 1 aliphatic heterocycles. The molecule has 0 bridgehead atoms. The van der Waals surface area contributed by atoms with Gasteiger partial charge in [0.1, 0.15) is 0 Å². The van der Waals surface area contributed by atoms with E-state index in [0.29, 0.717) is 23.2 Å². The van der Waals surface area contributed by atoms with Crippen molar-refractivity contribution >= 4 is 39.3 Å². The van der Waals surface area contributed by atoms with Crippen molar-refractivity contribution in [3.05, 3.63) is 127 Å². The van der Waals surface area contributed by atoms with Crippen molar-refractivity contribution in [1.82, 2.24) is 19.5 Å². The highest BCUT2D eigenvalue weighted by atomic mass is 16.2. The van der Waals surface area contributed by atoms with Gasteiger partial charge in [-0.1, -0.05) is 103 Å². The van der Waals surface area contributed by atoms with Crippen LogP contribution in [0.3, 0.4) is 0 Å². The first-order valence-electron chi connectivity index (χ1n) is 16.1. The topological polar surface area (TPSA) is 81.0 Å². The number of para-hydroxylation sites is 3. The van der Waals surface area contributed by atoms with Crippen molar-refractivity contribution in [3.63, 3.8) is 0 Å². The number of benzene rings is 5.